The van der Waals surface area contributed by atoms with Crippen LogP contribution in [0.3, 0.4) is 0 Å². The van der Waals surface area contributed by atoms with Crippen molar-refractivity contribution in [1.82, 2.24) is 15.5 Å². The Morgan fingerprint density at radius 2 is 2.50 bits per heavy atom. The van der Waals surface area contributed by atoms with Gasteiger partial charge < -0.3 is 5.32 Å². The summed E-state index contributed by atoms with van der Waals surface area (Å²) in [5.74, 6) is -0.129. The molecule has 0 saturated carbocycles. The average molecular weight is 216 g/mol. The molecular weight excluding hydrogens is 202 g/mol. The van der Waals surface area contributed by atoms with Gasteiger partial charge in [0.1, 0.15) is 0 Å². The van der Waals surface area contributed by atoms with E-state index in [0.717, 1.165) is 12.1 Å². The fourth-order valence-corrected chi connectivity index (χ4v) is 1.10. The van der Waals surface area contributed by atoms with Crippen LogP contribution in [-0.2, 0) is 0 Å². The van der Waals surface area contributed by atoms with E-state index >= 15 is 0 Å². The lowest BCUT2D eigenvalue weighted by Gasteiger charge is -2.07. The summed E-state index contributed by atoms with van der Waals surface area (Å²) in [5.41, 5.74) is 1.34. The molecule has 2 N–H and O–H groups in total. The Kier molecular flexibility index (Phi) is 3.95. The average Bonchev–Trinajstić information content (AvgIpc) is 2.60. The zero-order chi connectivity index (χ0) is 10.6. The summed E-state index contributed by atoms with van der Waals surface area (Å²) < 4.78 is 0. The summed E-state index contributed by atoms with van der Waals surface area (Å²) in [4.78, 5) is 11.5. The van der Waals surface area contributed by atoms with Crippen molar-refractivity contribution in [2.45, 2.75) is 25.6 Å². The predicted octanol–water partition coefficient (Wildman–Crippen LogP) is 1.47. The number of hydrogen-bond donors (Lipinski definition) is 2. The third-order valence-corrected chi connectivity index (χ3v) is 2.46. The number of carbonyl (C=O) groups is 1. The number of aromatic nitrogens is 2. The van der Waals surface area contributed by atoms with Gasteiger partial charge in [0, 0.05) is 12.2 Å². The molecule has 1 unspecified atom stereocenters. The molecule has 0 spiro atoms. The largest absolute Gasteiger partial charge is 0.350 e. The first-order valence-electron chi connectivity index (χ1n) is 4.57. The predicted molar refractivity (Wildman–Crippen MR) is 55.6 cm³/mol. The van der Waals surface area contributed by atoms with Gasteiger partial charge in [-0.3, -0.25) is 9.89 Å². The van der Waals surface area contributed by atoms with Crippen LogP contribution in [0, 0.1) is 6.92 Å². The maximum absolute atomic E-state index is 11.5. The monoisotopic (exact) mass is 215 g/mol. The van der Waals surface area contributed by atoms with E-state index < -0.39 is 0 Å². The highest BCUT2D eigenvalue weighted by Gasteiger charge is 2.11. The minimum absolute atomic E-state index is 0.00819. The Morgan fingerprint density at radius 3 is 3.00 bits per heavy atom. The van der Waals surface area contributed by atoms with E-state index in [1.165, 1.54) is 6.20 Å². The molecular formula is C9H14ClN3O. The zero-order valence-corrected chi connectivity index (χ0v) is 9.06. The van der Waals surface area contributed by atoms with Gasteiger partial charge in [0.15, 0.2) is 0 Å². The smallest absolute Gasteiger partial charge is 0.254 e. The molecule has 0 saturated heterocycles. The number of carbonyl (C=O) groups excluding carboxylic acids is 1. The van der Waals surface area contributed by atoms with E-state index in [9.17, 15) is 4.79 Å². The van der Waals surface area contributed by atoms with Gasteiger partial charge in [-0.25, -0.2) is 0 Å². The van der Waals surface area contributed by atoms with Gasteiger partial charge >= 0.3 is 0 Å². The molecule has 0 aromatic carbocycles. The highest BCUT2D eigenvalue weighted by Crippen LogP contribution is 2.03. The zero-order valence-electron chi connectivity index (χ0n) is 8.30. The minimum atomic E-state index is -0.129. The van der Waals surface area contributed by atoms with Crippen LogP contribution in [0.15, 0.2) is 6.20 Å². The first-order chi connectivity index (χ1) is 6.65. The molecule has 14 heavy (non-hydrogen) atoms. The van der Waals surface area contributed by atoms with Gasteiger partial charge in [-0.05, 0) is 13.3 Å². The highest BCUT2D eigenvalue weighted by molar-refractivity contribution is 6.20. The van der Waals surface area contributed by atoms with E-state index in [4.69, 9.17) is 11.6 Å². The lowest BCUT2D eigenvalue weighted by Crippen LogP contribution is -2.29. The Hall–Kier alpha value is -1.03. The molecule has 1 heterocycles. The van der Waals surface area contributed by atoms with Crippen molar-refractivity contribution in [3.63, 3.8) is 0 Å². The van der Waals surface area contributed by atoms with E-state index in [1.807, 2.05) is 6.92 Å². The van der Waals surface area contributed by atoms with Gasteiger partial charge in [-0.1, -0.05) is 6.92 Å². The fraction of sp³-hybridized carbons (Fsp3) is 0.556. The first kappa shape index (κ1) is 11.0. The van der Waals surface area contributed by atoms with Crippen LogP contribution < -0.4 is 5.32 Å². The van der Waals surface area contributed by atoms with Crippen molar-refractivity contribution >= 4 is 17.5 Å². The van der Waals surface area contributed by atoms with Crippen LogP contribution in [-0.4, -0.2) is 28.0 Å². The molecule has 0 aliphatic carbocycles. The Balaban J connectivity index is 2.47. The van der Waals surface area contributed by atoms with Crippen molar-refractivity contribution in [1.29, 1.82) is 0 Å². The molecule has 78 valence electrons. The lowest BCUT2D eigenvalue weighted by molar-refractivity contribution is 0.0953. The van der Waals surface area contributed by atoms with Crippen molar-refractivity contribution in [3.8, 4) is 0 Å². The van der Waals surface area contributed by atoms with E-state index in [2.05, 4.69) is 15.5 Å². The molecule has 5 heteroatoms. The summed E-state index contributed by atoms with van der Waals surface area (Å²) in [6, 6.07) is 0. The molecule has 0 bridgehead atoms. The summed E-state index contributed by atoms with van der Waals surface area (Å²) in [7, 11) is 0. The third kappa shape index (κ3) is 2.73. The molecule has 0 radical (unpaired) electrons. The van der Waals surface area contributed by atoms with E-state index in [1.54, 1.807) is 6.92 Å². The summed E-state index contributed by atoms with van der Waals surface area (Å²) in [6.45, 7) is 4.27. The number of hydrogen-bond acceptors (Lipinski definition) is 2. The second-order valence-electron chi connectivity index (χ2n) is 3.12. The maximum atomic E-state index is 11.5. The SMILES string of the molecule is CCC(Cl)CNC(=O)c1cn[nH]c1C. The van der Waals surface area contributed by atoms with Crippen molar-refractivity contribution < 1.29 is 4.79 Å². The fourth-order valence-electron chi connectivity index (χ4n) is 1.02. The number of nitrogens with zero attached hydrogens (tertiary/aromatic N) is 1. The summed E-state index contributed by atoms with van der Waals surface area (Å²) in [5, 5.41) is 9.22. The molecule has 0 aliphatic heterocycles. The molecule has 0 aliphatic rings. The quantitative estimate of drug-likeness (QED) is 0.748. The highest BCUT2D eigenvalue weighted by atomic mass is 35.5. The van der Waals surface area contributed by atoms with E-state index in [0.29, 0.717) is 12.1 Å². The Morgan fingerprint density at radius 1 is 1.79 bits per heavy atom. The number of aromatic amines is 1. The van der Waals surface area contributed by atoms with E-state index in [-0.39, 0.29) is 11.3 Å². The summed E-state index contributed by atoms with van der Waals surface area (Å²) in [6.07, 6.45) is 2.35. The topological polar surface area (TPSA) is 57.8 Å². The number of H-pyrrole nitrogens is 1. The van der Waals surface area contributed by atoms with Crippen LogP contribution in [0.1, 0.15) is 29.4 Å². The molecule has 1 aromatic rings. The molecule has 1 rings (SSSR count). The number of alkyl halides is 1. The molecule has 0 fully saturated rings. The van der Waals surface area contributed by atoms with Crippen LogP contribution in [0.4, 0.5) is 0 Å². The number of aryl methyl sites for hydroxylation is 1. The number of nitrogens with one attached hydrogen (secondary N) is 2. The van der Waals surface area contributed by atoms with Gasteiger partial charge in [0.2, 0.25) is 0 Å². The third-order valence-electron chi connectivity index (χ3n) is 2.00. The Labute approximate surface area is 88.0 Å². The van der Waals surface area contributed by atoms with Crippen molar-refractivity contribution in [3.05, 3.63) is 17.5 Å². The minimum Gasteiger partial charge on any atom is -0.350 e. The van der Waals surface area contributed by atoms with Gasteiger partial charge in [0.25, 0.3) is 5.91 Å². The second kappa shape index (κ2) is 5.00. The standard InChI is InChI=1S/C9H14ClN3O/c1-3-7(10)4-11-9(14)8-5-12-13-6(8)2/h5,7H,3-4H2,1-2H3,(H,11,14)(H,12,13). The van der Waals surface area contributed by atoms with Crippen molar-refractivity contribution in [2.24, 2.45) is 0 Å². The number of halogens is 1. The molecule has 4 nitrogen and oxygen atoms in total. The van der Waals surface area contributed by atoms with Gasteiger partial charge in [-0.15, -0.1) is 11.6 Å². The van der Waals surface area contributed by atoms with Gasteiger partial charge in [-0.2, -0.15) is 5.10 Å². The molecule has 1 amide bonds. The van der Waals surface area contributed by atoms with Crippen LogP contribution in [0.25, 0.3) is 0 Å². The van der Waals surface area contributed by atoms with Crippen LogP contribution in [0.5, 0.6) is 0 Å². The molecule has 1 aromatic heterocycles. The molecule has 1 atom stereocenters. The second-order valence-corrected chi connectivity index (χ2v) is 3.74. The van der Waals surface area contributed by atoms with Crippen LogP contribution in [0.2, 0.25) is 0 Å². The lowest BCUT2D eigenvalue weighted by atomic mass is 10.2. The summed E-state index contributed by atoms with van der Waals surface area (Å²) >= 11 is 5.87. The van der Waals surface area contributed by atoms with Gasteiger partial charge in [0.05, 0.1) is 17.1 Å². The Bertz CT molecular complexity index is 311. The maximum Gasteiger partial charge on any atom is 0.254 e. The van der Waals surface area contributed by atoms with Crippen molar-refractivity contribution in [2.75, 3.05) is 6.54 Å². The number of rotatable bonds is 4. The normalized spacial score (nSPS) is 12.5. The number of amides is 1. The first-order valence-corrected chi connectivity index (χ1v) is 5.01. The van der Waals surface area contributed by atoms with Crippen LogP contribution >= 0.6 is 11.6 Å².